The first-order valence-corrected chi connectivity index (χ1v) is 7.84. The van der Waals surface area contributed by atoms with Gasteiger partial charge in [0.1, 0.15) is 17.6 Å². The molecule has 6 heteroatoms. The van der Waals surface area contributed by atoms with Crippen molar-refractivity contribution in [3.05, 3.63) is 35.6 Å². The van der Waals surface area contributed by atoms with Crippen molar-refractivity contribution < 1.29 is 18.3 Å². The van der Waals surface area contributed by atoms with Gasteiger partial charge in [-0.2, -0.15) is 0 Å². The van der Waals surface area contributed by atoms with Crippen LogP contribution in [0, 0.1) is 5.82 Å². The average molecular weight is 326 g/mol. The molecule has 1 aliphatic heterocycles. The Morgan fingerprint density at radius 3 is 2.57 bits per heavy atom. The number of ether oxygens (including phenoxy) is 1. The summed E-state index contributed by atoms with van der Waals surface area (Å²) >= 11 is 0. The molecular formula is C17H24F2N2O2. The van der Waals surface area contributed by atoms with Gasteiger partial charge in [0.2, 0.25) is 0 Å². The Kier molecular flexibility index (Phi) is 5.57. The molecule has 0 bridgehead atoms. The van der Waals surface area contributed by atoms with Gasteiger partial charge in [0, 0.05) is 19.1 Å². The summed E-state index contributed by atoms with van der Waals surface area (Å²) in [5.41, 5.74) is 0.314. The van der Waals surface area contributed by atoms with Gasteiger partial charge < -0.3 is 15.0 Å². The van der Waals surface area contributed by atoms with Crippen LogP contribution in [0.25, 0.3) is 0 Å². The molecule has 0 aliphatic carbocycles. The third kappa shape index (κ3) is 5.46. The summed E-state index contributed by atoms with van der Waals surface area (Å²) in [6.07, 6.45) is -1.12. The first-order valence-electron chi connectivity index (χ1n) is 7.84. The highest BCUT2D eigenvalue weighted by Crippen LogP contribution is 2.18. The number of amides is 1. The molecule has 0 radical (unpaired) electrons. The lowest BCUT2D eigenvalue weighted by molar-refractivity contribution is 0.00934. The van der Waals surface area contributed by atoms with Gasteiger partial charge in [-0.1, -0.05) is 12.1 Å². The van der Waals surface area contributed by atoms with Crippen LogP contribution in [0.2, 0.25) is 0 Å². The van der Waals surface area contributed by atoms with Gasteiger partial charge in [0.25, 0.3) is 0 Å². The quantitative estimate of drug-likeness (QED) is 0.927. The monoisotopic (exact) mass is 326 g/mol. The topological polar surface area (TPSA) is 41.6 Å². The van der Waals surface area contributed by atoms with Crippen LogP contribution in [-0.2, 0) is 11.3 Å². The predicted molar refractivity (Wildman–Crippen MR) is 84.3 cm³/mol. The molecule has 0 spiro atoms. The molecule has 1 amide bonds. The van der Waals surface area contributed by atoms with Crippen LogP contribution in [0.4, 0.5) is 13.6 Å². The van der Waals surface area contributed by atoms with Crippen molar-refractivity contribution in [2.24, 2.45) is 0 Å². The second-order valence-corrected chi connectivity index (χ2v) is 6.84. The number of hydrogen-bond acceptors (Lipinski definition) is 3. The predicted octanol–water partition coefficient (Wildman–Crippen LogP) is 3.26. The molecule has 1 aromatic rings. The zero-order valence-corrected chi connectivity index (χ0v) is 13.8. The lowest BCUT2D eigenvalue weighted by atomic mass is 10.0. The fraction of sp³-hybridized carbons (Fsp3) is 0.588. The molecule has 1 saturated heterocycles. The van der Waals surface area contributed by atoms with Crippen LogP contribution in [-0.4, -0.2) is 41.9 Å². The number of hydrogen-bond donors (Lipinski definition) is 1. The van der Waals surface area contributed by atoms with Crippen LogP contribution in [0.5, 0.6) is 0 Å². The standard InChI is InChI=1S/C17H24F2N2O2/c1-17(2,3)23-16(22)21-9-8-15(14(19)11-21)20-10-12-4-6-13(18)7-5-12/h4-7,14-15,20H,8-11H2,1-3H3/t14-,15-/m0/s1. The van der Waals surface area contributed by atoms with E-state index in [2.05, 4.69) is 5.32 Å². The summed E-state index contributed by atoms with van der Waals surface area (Å²) in [6, 6.07) is 5.79. The Balaban J connectivity index is 1.82. The smallest absolute Gasteiger partial charge is 0.410 e. The molecule has 128 valence electrons. The first-order chi connectivity index (χ1) is 10.7. The maximum atomic E-state index is 14.3. The molecule has 1 N–H and O–H groups in total. The Morgan fingerprint density at radius 2 is 2.00 bits per heavy atom. The molecule has 1 aromatic carbocycles. The number of likely N-dealkylation sites (tertiary alicyclic amines) is 1. The minimum Gasteiger partial charge on any atom is -0.444 e. The number of carbonyl (C=O) groups is 1. The zero-order chi connectivity index (χ0) is 17.0. The molecule has 1 aliphatic rings. The molecule has 1 fully saturated rings. The van der Waals surface area contributed by atoms with Gasteiger partial charge in [-0.25, -0.2) is 13.6 Å². The van der Waals surface area contributed by atoms with Gasteiger partial charge in [-0.3, -0.25) is 0 Å². The van der Waals surface area contributed by atoms with E-state index in [9.17, 15) is 13.6 Å². The number of halogens is 2. The number of rotatable bonds is 3. The van der Waals surface area contributed by atoms with Crippen LogP contribution in [0.1, 0.15) is 32.8 Å². The van der Waals surface area contributed by atoms with E-state index in [0.29, 0.717) is 19.5 Å². The summed E-state index contributed by atoms with van der Waals surface area (Å²) in [5, 5.41) is 3.14. The molecular weight excluding hydrogens is 302 g/mol. The van der Waals surface area contributed by atoms with Gasteiger partial charge >= 0.3 is 6.09 Å². The van der Waals surface area contributed by atoms with E-state index in [1.54, 1.807) is 32.9 Å². The zero-order valence-electron chi connectivity index (χ0n) is 13.8. The van der Waals surface area contributed by atoms with E-state index >= 15 is 0 Å². The summed E-state index contributed by atoms with van der Waals surface area (Å²) in [4.78, 5) is 13.4. The highest BCUT2D eigenvalue weighted by atomic mass is 19.1. The normalized spacial score (nSPS) is 22.0. The second kappa shape index (κ2) is 7.25. The highest BCUT2D eigenvalue weighted by molar-refractivity contribution is 5.68. The minimum atomic E-state index is -1.16. The summed E-state index contributed by atoms with van der Waals surface area (Å²) in [6.45, 7) is 6.31. The summed E-state index contributed by atoms with van der Waals surface area (Å²) in [5.74, 6) is -0.289. The molecule has 2 atom stereocenters. The maximum absolute atomic E-state index is 14.3. The molecule has 23 heavy (non-hydrogen) atoms. The summed E-state index contributed by atoms with van der Waals surface area (Å²) < 4.78 is 32.4. The average Bonchev–Trinajstić information content (AvgIpc) is 2.46. The van der Waals surface area contributed by atoms with E-state index in [-0.39, 0.29) is 18.4 Å². The third-order valence-corrected chi connectivity index (χ3v) is 3.67. The molecule has 4 nitrogen and oxygen atoms in total. The largest absolute Gasteiger partial charge is 0.444 e. The molecule has 1 heterocycles. The van der Waals surface area contributed by atoms with Crippen LogP contribution >= 0.6 is 0 Å². The van der Waals surface area contributed by atoms with Gasteiger partial charge in [0.15, 0.2) is 0 Å². The van der Waals surface area contributed by atoms with E-state index in [0.717, 1.165) is 5.56 Å². The third-order valence-electron chi connectivity index (χ3n) is 3.67. The molecule has 2 rings (SSSR count). The molecule has 0 unspecified atom stereocenters. The number of piperidine rings is 1. The maximum Gasteiger partial charge on any atom is 0.410 e. The first kappa shape index (κ1) is 17.7. The van der Waals surface area contributed by atoms with Crippen molar-refractivity contribution in [3.8, 4) is 0 Å². The van der Waals surface area contributed by atoms with E-state index in [1.165, 1.54) is 17.0 Å². The Labute approximate surface area is 135 Å². The van der Waals surface area contributed by atoms with Crippen molar-refractivity contribution in [1.82, 2.24) is 10.2 Å². The van der Waals surface area contributed by atoms with Crippen LogP contribution in [0.15, 0.2) is 24.3 Å². The van der Waals surface area contributed by atoms with Crippen molar-refractivity contribution in [1.29, 1.82) is 0 Å². The number of nitrogens with one attached hydrogen (secondary N) is 1. The van der Waals surface area contributed by atoms with Gasteiger partial charge in [-0.05, 0) is 44.9 Å². The van der Waals surface area contributed by atoms with Crippen LogP contribution < -0.4 is 5.32 Å². The van der Waals surface area contributed by atoms with Crippen molar-refractivity contribution in [3.63, 3.8) is 0 Å². The number of carbonyl (C=O) groups excluding carboxylic acids is 1. The van der Waals surface area contributed by atoms with E-state index in [1.807, 2.05) is 0 Å². The van der Waals surface area contributed by atoms with Gasteiger partial charge in [-0.15, -0.1) is 0 Å². The Hall–Kier alpha value is -1.69. The SMILES string of the molecule is CC(C)(C)OC(=O)N1CC[C@H](NCc2ccc(F)cc2)[C@@H](F)C1. The van der Waals surface area contributed by atoms with E-state index < -0.39 is 17.9 Å². The van der Waals surface area contributed by atoms with Crippen molar-refractivity contribution in [2.45, 2.75) is 51.6 Å². The Bertz CT molecular complexity index is 528. The van der Waals surface area contributed by atoms with E-state index in [4.69, 9.17) is 4.74 Å². The highest BCUT2D eigenvalue weighted by Gasteiger charge is 2.33. The number of benzene rings is 1. The molecule has 0 aromatic heterocycles. The lowest BCUT2D eigenvalue weighted by Gasteiger charge is -2.36. The minimum absolute atomic E-state index is 0.0238. The fourth-order valence-corrected chi connectivity index (χ4v) is 2.48. The fourth-order valence-electron chi connectivity index (χ4n) is 2.48. The van der Waals surface area contributed by atoms with Crippen molar-refractivity contribution in [2.75, 3.05) is 13.1 Å². The number of nitrogens with zero attached hydrogens (tertiary/aromatic N) is 1. The van der Waals surface area contributed by atoms with Crippen molar-refractivity contribution >= 4 is 6.09 Å². The van der Waals surface area contributed by atoms with Crippen LogP contribution in [0.3, 0.4) is 0 Å². The molecule has 0 saturated carbocycles. The second-order valence-electron chi connectivity index (χ2n) is 6.84. The number of alkyl halides is 1. The summed E-state index contributed by atoms with van der Waals surface area (Å²) in [7, 11) is 0. The Morgan fingerprint density at radius 1 is 1.35 bits per heavy atom. The lowest BCUT2D eigenvalue weighted by Crippen LogP contribution is -2.53. The van der Waals surface area contributed by atoms with Gasteiger partial charge in [0.05, 0.1) is 6.54 Å².